The first-order chi connectivity index (χ1) is 13.9. The Balaban J connectivity index is 2.13. The second kappa shape index (κ2) is 7.35. The van der Waals surface area contributed by atoms with Crippen molar-refractivity contribution in [3.8, 4) is 0 Å². The predicted molar refractivity (Wildman–Crippen MR) is 97.7 cm³/mol. The highest BCUT2D eigenvalue weighted by atomic mass is 19.4. The van der Waals surface area contributed by atoms with Crippen LogP contribution >= 0.6 is 0 Å². The highest BCUT2D eigenvalue weighted by Crippen LogP contribution is 2.35. The zero-order chi connectivity index (χ0) is 22.4. The molecule has 0 bridgehead atoms. The number of aromatic nitrogens is 4. The quantitative estimate of drug-likeness (QED) is 0.618. The third-order valence-corrected chi connectivity index (χ3v) is 4.50. The van der Waals surface area contributed by atoms with Crippen LogP contribution in [0.3, 0.4) is 0 Å². The molecular formula is C18H15F4N5O3. The normalized spacial score (nSPS) is 12.8. The number of hydrogen-bond donors (Lipinski definition) is 2. The molecule has 158 valence electrons. The zero-order valence-electron chi connectivity index (χ0n) is 15.9. The van der Waals surface area contributed by atoms with Gasteiger partial charge in [0.2, 0.25) is 0 Å². The van der Waals surface area contributed by atoms with Crippen molar-refractivity contribution in [1.29, 1.82) is 0 Å². The smallest absolute Gasteiger partial charge is 0.433 e. The van der Waals surface area contributed by atoms with Crippen LogP contribution in [0.4, 0.5) is 23.4 Å². The van der Waals surface area contributed by atoms with E-state index in [9.17, 15) is 27.2 Å². The van der Waals surface area contributed by atoms with E-state index in [1.54, 1.807) is 0 Å². The van der Waals surface area contributed by atoms with E-state index in [1.807, 2.05) is 0 Å². The van der Waals surface area contributed by atoms with Gasteiger partial charge in [-0.1, -0.05) is 0 Å². The third-order valence-electron chi connectivity index (χ3n) is 4.50. The Morgan fingerprint density at radius 2 is 1.93 bits per heavy atom. The molecule has 0 amide bonds. The van der Waals surface area contributed by atoms with Crippen molar-refractivity contribution in [2.75, 3.05) is 5.32 Å². The van der Waals surface area contributed by atoms with Crippen molar-refractivity contribution in [3.63, 3.8) is 0 Å². The van der Waals surface area contributed by atoms with Crippen molar-refractivity contribution in [2.24, 2.45) is 7.05 Å². The van der Waals surface area contributed by atoms with Crippen LogP contribution < -0.4 is 10.9 Å². The number of carboxylic acids is 1. The largest absolute Gasteiger partial charge is 0.478 e. The highest BCUT2D eigenvalue weighted by Gasteiger charge is 2.37. The topological polar surface area (TPSA) is 110 Å². The van der Waals surface area contributed by atoms with Crippen LogP contribution in [-0.2, 0) is 13.2 Å². The number of aromatic carboxylic acids is 1. The number of nitrogens with one attached hydrogen (secondary N) is 1. The molecule has 0 saturated heterocycles. The maximum absolute atomic E-state index is 14.1. The lowest BCUT2D eigenvalue weighted by atomic mass is 10.0. The molecule has 0 aliphatic carbocycles. The van der Waals surface area contributed by atoms with Gasteiger partial charge in [0.1, 0.15) is 5.82 Å². The van der Waals surface area contributed by atoms with Gasteiger partial charge in [-0.3, -0.25) is 9.36 Å². The molecule has 1 atom stereocenters. The number of anilines is 1. The van der Waals surface area contributed by atoms with Gasteiger partial charge in [0, 0.05) is 18.8 Å². The molecule has 0 fully saturated rings. The van der Waals surface area contributed by atoms with Gasteiger partial charge in [-0.05, 0) is 26.0 Å². The average Bonchev–Trinajstić information content (AvgIpc) is 2.66. The number of carboxylic acid groups (broad SMARTS) is 1. The summed E-state index contributed by atoms with van der Waals surface area (Å²) in [6.07, 6.45) is -4.00. The molecule has 12 heteroatoms. The van der Waals surface area contributed by atoms with Crippen molar-refractivity contribution in [2.45, 2.75) is 26.1 Å². The lowest BCUT2D eigenvalue weighted by molar-refractivity contribution is -0.141. The van der Waals surface area contributed by atoms with E-state index in [2.05, 4.69) is 20.3 Å². The minimum Gasteiger partial charge on any atom is -0.478 e. The number of nitrogens with zero attached hydrogens (tertiary/aromatic N) is 4. The summed E-state index contributed by atoms with van der Waals surface area (Å²) in [5.74, 6) is -2.72. The number of carbonyl (C=O) groups is 1. The van der Waals surface area contributed by atoms with Crippen LogP contribution in [0.1, 0.15) is 40.4 Å². The average molecular weight is 425 g/mol. The van der Waals surface area contributed by atoms with Crippen LogP contribution in [0.5, 0.6) is 0 Å². The summed E-state index contributed by atoms with van der Waals surface area (Å²) in [6.45, 7) is 2.76. The molecule has 0 radical (unpaired) electrons. The molecule has 2 N–H and O–H groups in total. The van der Waals surface area contributed by atoms with Gasteiger partial charge in [0.25, 0.3) is 5.56 Å². The number of alkyl halides is 3. The molecule has 30 heavy (non-hydrogen) atoms. The number of fused-ring (bicyclic) bond motifs is 1. The Labute approximate surface area is 166 Å². The second-order valence-corrected chi connectivity index (χ2v) is 6.54. The second-order valence-electron chi connectivity index (χ2n) is 6.54. The zero-order valence-corrected chi connectivity index (χ0v) is 15.9. The number of rotatable bonds is 4. The molecule has 0 spiro atoms. The van der Waals surface area contributed by atoms with Crippen molar-refractivity contribution in [3.05, 3.63) is 57.1 Å². The maximum Gasteiger partial charge on any atom is 0.433 e. The van der Waals surface area contributed by atoms with E-state index >= 15 is 0 Å². The maximum atomic E-state index is 14.1. The van der Waals surface area contributed by atoms with E-state index in [1.165, 1.54) is 25.5 Å². The van der Waals surface area contributed by atoms with E-state index in [4.69, 9.17) is 5.11 Å². The summed E-state index contributed by atoms with van der Waals surface area (Å²) in [7, 11) is 1.42. The summed E-state index contributed by atoms with van der Waals surface area (Å²) in [4.78, 5) is 34.4. The minimum absolute atomic E-state index is 0.130. The number of halogens is 4. The van der Waals surface area contributed by atoms with Gasteiger partial charge in [-0.25, -0.2) is 24.1 Å². The van der Waals surface area contributed by atoms with Crippen LogP contribution in [0, 0.1) is 12.7 Å². The lowest BCUT2D eigenvalue weighted by Crippen LogP contribution is -2.24. The predicted octanol–water partition coefficient (Wildman–Crippen LogP) is 3.06. The van der Waals surface area contributed by atoms with Gasteiger partial charge >= 0.3 is 12.1 Å². The first-order valence-electron chi connectivity index (χ1n) is 8.51. The molecule has 0 aliphatic rings. The number of pyridine rings is 2. The molecule has 0 saturated carbocycles. The number of hydrogen-bond acceptors (Lipinski definition) is 6. The molecule has 3 heterocycles. The Morgan fingerprint density at radius 1 is 1.27 bits per heavy atom. The minimum atomic E-state index is -4.87. The van der Waals surface area contributed by atoms with Crippen molar-refractivity contribution < 1.29 is 27.5 Å². The van der Waals surface area contributed by atoms with E-state index < -0.39 is 52.2 Å². The fourth-order valence-electron chi connectivity index (χ4n) is 2.82. The van der Waals surface area contributed by atoms with Crippen LogP contribution in [-0.4, -0.2) is 30.6 Å². The molecule has 3 aromatic rings. The standard InChI is InChI=1S/C18H15F4N5O3/c1-7(24-15-12(19)4-9(6-23-15)17(29)30)10-5-11-14(26-13(10)18(20,21)22)25-8(2)27(3)16(11)28/h4-7H,1-3H3,(H,23,24)(H,29,30)/t7-/m0/s1. The Bertz CT molecular complexity index is 1220. The number of aryl methyl sites for hydroxylation is 1. The summed E-state index contributed by atoms with van der Waals surface area (Å²) in [5.41, 5.74) is -3.05. The highest BCUT2D eigenvalue weighted by molar-refractivity contribution is 5.87. The summed E-state index contributed by atoms with van der Waals surface area (Å²) >= 11 is 0. The molecule has 3 aromatic heterocycles. The summed E-state index contributed by atoms with van der Waals surface area (Å²) in [5, 5.41) is 11.2. The Morgan fingerprint density at radius 3 is 2.50 bits per heavy atom. The van der Waals surface area contributed by atoms with Gasteiger partial charge in [0.15, 0.2) is 23.0 Å². The van der Waals surface area contributed by atoms with Gasteiger partial charge in [-0.15, -0.1) is 0 Å². The molecule has 0 aliphatic heterocycles. The SMILES string of the molecule is Cc1nc2nc(C(F)(F)F)c([C@H](C)Nc3ncc(C(=O)O)cc3F)cc2c(=O)n1C. The Hall–Kier alpha value is -3.57. The fourth-order valence-corrected chi connectivity index (χ4v) is 2.82. The van der Waals surface area contributed by atoms with Crippen molar-refractivity contribution in [1.82, 2.24) is 19.5 Å². The third kappa shape index (κ3) is 3.80. The van der Waals surface area contributed by atoms with Gasteiger partial charge in [0.05, 0.1) is 17.0 Å². The molecular weight excluding hydrogens is 410 g/mol. The van der Waals surface area contributed by atoms with Crippen LogP contribution in [0.15, 0.2) is 23.1 Å². The van der Waals surface area contributed by atoms with E-state index in [0.29, 0.717) is 6.07 Å². The van der Waals surface area contributed by atoms with E-state index in [0.717, 1.165) is 12.3 Å². The summed E-state index contributed by atoms with van der Waals surface area (Å²) in [6, 6.07) is 0.527. The first kappa shape index (κ1) is 21.1. The van der Waals surface area contributed by atoms with Gasteiger partial charge in [-0.2, -0.15) is 13.2 Å². The van der Waals surface area contributed by atoms with E-state index in [-0.39, 0.29) is 16.9 Å². The molecule has 0 unspecified atom stereocenters. The molecule has 0 aromatic carbocycles. The van der Waals surface area contributed by atoms with Gasteiger partial charge < -0.3 is 10.4 Å². The first-order valence-corrected chi connectivity index (χ1v) is 8.51. The Kier molecular flexibility index (Phi) is 5.18. The molecule has 3 rings (SSSR count). The molecule has 8 nitrogen and oxygen atoms in total. The van der Waals surface area contributed by atoms with Crippen molar-refractivity contribution >= 4 is 22.8 Å². The van der Waals surface area contributed by atoms with Crippen LogP contribution in [0.25, 0.3) is 11.0 Å². The monoisotopic (exact) mass is 425 g/mol. The summed E-state index contributed by atoms with van der Waals surface area (Å²) < 4.78 is 56.2. The fraction of sp³-hybridized carbons (Fsp3) is 0.278. The van der Waals surface area contributed by atoms with Crippen LogP contribution in [0.2, 0.25) is 0 Å². The lowest BCUT2D eigenvalue weighted by Gasteiger charge is -2.20.